The molecule has 0 saturated carbocycles. The fourth-order valence-electron chi connectivity index (χ4n) is 3.70. The second-order valence-electron chi connectivity index (χ2n) is 8.04. The Hall–Kier alpha value is -3.12. The zero-order valence-corrected chi connectivity index (χ0v) is 20.3. The summed E-state index contributed by atoms with van der Waals surface area (Å²) in [5, 5.41) is 2.89. The van der Waals surface area contributed by atoms with Crippen LogP contribution >= 0.6 is 11.8 Å². The zero-order valence-electron chi connectivity index (χ0n) is 19.5. The lowest BCUT2D eigenvalue weighted by molar-refractivity contribution is -0.140. The number of carbonyl (C=O) groups excluding carboxylic acids is 2. The normalized spacial score (nSPS) is 11.6. The van der Waals surface area contributed by atoms with Crippen molar-refractivity contribution in [2.45, 2.75) is 38.1 Å². The van der Waals surface area contributed by atoms with Crippen LogP contribution in [0.4, 0.5) is 4.39 Å². The summed E-state index contributed by atoms with van der Waals surface area (Å²) in [6.45, 7) is 2.59. The molecule has 1 atom stereocenters. The Labute approximate surface area is 205 Å². The van der Waals surface area contributed by atoms with Crippen molar-refractivity contribution in [3.8, 4) is 0 Å². The lowest BCUT2D eigenvalue weighted by Crippen LogP contribution is -2.50. The Morgan fingerprint density at radius 2 is 1.50 bits per heavy atom. The van der Waals surface area contributed by atoms with E-state index in [1.807, 2.05) is 55.5 Å². The van der Waals surface area contributed by atoms with Crippen LogP contribution in [0.3, 0.4) is 0 Å². The van der Waals surface area contributed by atoms with Gasteiger partial charge in [0, 0.05) is 37.4 Å². The molecular formula is C28H31FN2O2S. The summed E-state index contributed by atoms with van der Waals surface area (Å²) in [6.07, 6.45) is 0.736. The van der Waals surface area contributed by atoms with Crippen LogP contribution in [-0.4, -0.2) is 35.1 Å². The van der Waals surface area contributed by atoms with Gasteiger partial charge in [-0.05, 0) is 35.7 Å². The van der Waals surface area contributed by atoms with Gasteiger partial charge in [0.05, 0.1) is 0 Å². The molecule has 34 heavy (non-hydrogen) atoms. The summed E-state index contributed by atoms with van der Waals surface area (Å²) in [7, 11) is 0. The number of carbonyl (C=O) groups is 2. The maximum absolute atomic E-state index is 13.5. The summed E-state index contributed by atoms with van der Waals surface area (Å²) in [4.78, 5) is 28.2. The highest BCUT2D eigenvalue weighted by molar-refractivity contribution is 7.98. The molecule has 1 N–H and O–H groups in total. The van der Waals surface area contributed by atoms with E-state index in [4.69, 9.17) is 0 Å². The lowest BCUT2D eigenvalue weighted by Gasteiger charge is -2.31. The molecule has 0 aliphatic rings. The molecular weight excluding hydrogens is 447 g/mol. The highest BCUT2D eigenvalue weighted by atomic mass is 32.2. The van der Waals surface area contributed by atoms with Crippen LogP contribution in [0.25, 0.3) is 0 Å². The van der Waals surface area contributed by atoms with Crippen molar-refractivity contribution in [2.24, 2.45) is 0 Å². The van der Waals surface area contributed by atoms with Crippen molar-refractivity contribution >= 4 is 23.6 Å². The van der Waals surface area contributed by atoms with Crippen molar-refractivity contribution in [3.05, 3.63) is 107 Å². The molecule has 6 heteroatoms. The van der Waals surface area contributed by atoms with E-state index < -0.39 is 6.04 Å². The number of hydrogen-bond acceptors (Lipinski definition) is 3. The molecule has 0 saturated heterocycles. The predicted octanol–water partition coefficient (Wildman–Crippen LogP) is 5.23. The van der Waals surface area contributed by atoms with E-state index in [9.17, 15) is 14.0 Å². The first-order valence-electron chi connectivity index (χ1n) is 11.5. The molecule has 0 aromatic heterocycles. The minimum absolute atomic E-state index is 0.0860. The van der Waals surface area contributed by atoms with Gasteiger partial charge in [-0.2, -0.15) is 11.8 Å². The van der Waals surface area contributed by atoms with E-state index >= 15 is 0 Å². The minimum atomic E-state index is -0.654. The molecule has 0 bridgehead atoms. The molecule has 0 heterocycles. The Morgan fingerprint density at radius 3 is 2.12 bits per heavy atom. The Balaban J connectivity index is 1.76. The van der Waals surface area contributed by atoms with Gasteiger partial charge in [-0.25, -0.2) is 4.39 Å². The molecule has 3 rings (SSSR count). The maximum Gasteiger partial charge on any atom is 0.243 e. The van der Waals surface area contributed by atoms with Crippen LogP contribution in [0.5, 0.6) is 0 Å². The monoisotopic (exact) mass is 478 g/mol. The van der Waals surface area contributed by atoms with E-state index in [1.165, 1.54) is 17.7 Å². The second kappa shape index (κ2) is 13.6. The molecule has 0 unspecified atom stereocenters. The summed E-state index contributed by atoms with van der Waals surface area (Å²) >= 11 is 1.70. The van der Waals surface area contributed by atoms with E-state index in [-0.39, 0.29) is 24.2 Å². The van der Waals surface area contributed by atoms with Gasteiger partial charge < -0.3 is 10.2 Å². The summed E-state index contributed by atoms with van der Waals surface area (Å²) in [6, 6.07) is 25.3. The van der Waals surface area contributed by atoms with E-state index in [2.05, 4.69) is 17.4 Å². The number of hydrogen-bond donors (Lipinski definition) is 1. The van der Waals surface area contributed by atoms with Gasteiger partial charge in [0.1, 0.15) is 11.9 Å². The summed E-state index contributed by atoms with van der Waals surface area (Å²) in [5.41, 5.74) is 2.98. The fraction of sp³-hybridized carbons (Fsp3) is 0.286. The molecule has 3 aromatic carbocycles. The second-order valence-corrected chi connectivity index (χ2v) is 9.14. The van der Waals surface area contributed by atoms with E-state index in [0.717, 1.165) is 16.9 Å². The van der Waals surface area contributed by atoms with Crippen LogP contribution in [0.15, 0.2) is 84.9 Å². The minimum Gasteiger partial charge on any atom is -0.355 e. The van der Waals surface area contributed by atoms with Crippen LogP contribution in [0, 0.1) is 5.82 Å². The van der Waals surface area contributed by atoms with Crippen molar-refractivity contribution in [1.29, 1.82) is 0 Å². The summed E-state index contributed by atoms with van der Waals surface area (Å²) < 4.78 is 13.5. The molecule has 3 aromatic rings. The largest absolute Gasteiger partial charge is 0.355 e. The van der Waals surface area contributed by atoms with E-state index in [1.54, 1.807) is 28.8 Å². The topological polar surface area (TPSA) is 49.4 Å². The molecule has 0 fully saturated rings. The Bertz CT molecular complexity index is 1030. The number of nitrogens with zero attached hydrogens (tertiary/aromatic N) is 1. The average molecular weight is 479 g/mol. The van der Waals surface area contributed by atoms with Crippen LogP contribution < -0.4 is 5.32 Å². The highest BCUT2D eigenvalue weighted by Gasteiger charge is 2.29. The zero-order chi connectivity index (χ0) is 24.2. The van der Waals surface area contributed by atoms with Gasteiger partial charge in [-0.1, -0.05) is 72.8 Å². The molecule has 0 radical (unpaired) electrons. The third-order valence-electron chi connectivity index (χ3n) is 5.46. The van der Waals surface area contributed by atoms with Gasteiger partial charge >= 0.3 is 0 Å². The lowest BCUT2D eigenvalue weighted by atomic mass is 10.0. The van der Waals surface area contributed by atoms with Gasteiger partial charge in [-0.15, -0.1) is 0 Å². The van der Waals surface area contributed by atoms with Crippen molar-refractivity contribution < 1.29 is 14.0 Å². The standard InChI is InChI=1S/C28H31FN2O2S/c1-2-30-28(33)26(19-22-9-5-3-6-10-22)31(20-23-13-15-25(29)16-14-23)27(32)17-18-34-21-24-11-7-4-8-12-24/h3-16,26H,2,17-21H2,1H3,(H,30,33)/t26-/m1/s1. The molecule has 0 aliphatic carbocycles. The van der Waals surface area contributed by atoms with E-state index in [0.29, 0.717) is 25.1 Å². The SMILES string of the molecule is CCNC(=O)[C@@H](Cc1ccccc1)N(Cc1ccc(F)cc1)C(=O)CCSCc1ccccc1. The number of likely N-dealkylation sites (N-methyl/N-ethyl adjacent to an activating group) is 1. The molecule has 4 nitrogen and oxygen atoms in total. The fourth-order valence-corrected chi connectivity index (χ4v) is 4.59. The third kappa shape index (κ3) is 8.03. The first-order valence-corrected chi connectivity index (χ1v) is 12.7. The quantitative estimate of drug-likeness (QED) is 0.363. The molecule has 0 spiro atoms. The van der Waals surface area contributed by atoms with Crippen molar-refractivity contribution in [2.75, 3.05) is 12.3 Å². The van der Waals surface area contributed by atoms with Crippen LogP contribution in [-0.2, 0) is 28.3 Å². The van der Waals surface area contributed by atoms with Crippen LogP contribution in [0.2, 0.25) is 0 Å². The first-order chi connectivity index (χ1) is 16.6. The predicted molar refractivity (Wildman–Crippen MR) is 137 cm³/mol. The number of benzene rings is 3. The number of halogens is 1. The number of thioether (sulfide) groups is 1. The summed E-state index contributed by atoms with van der Waals surface area (Å²) in [5.74, 6) is 0.885. The smallest absolute Gasteiger partial charge is 0.243 e. The van der Waals surface area contributed by atoms with Crippen molar-refractivity contribution in [3.63, 3.8) is 0 Å². The van der Waals surface area contributed by atoms with Gasteiger partial charge in [0.15, 0.2) is 0 Å². The third-order valence-corrected chi connectivity index (χ3v) is 6.49. The molecule has 0 aliphatic heterocycles. The van der Waals surface area contributed by atoms with Crippen molar-refractivity contribution in [1.82, 2.24) is 10.2 Å². The Morgan fingerprint density at radius 1 is 0.882 bits per heavy atom. The van der Waals surface area contributed by atoms with Gasteiger partial charge in [-0.3, -0.25) is 9.59 Å². The highest BCUT2D eigenvalue weighted by Crippen LogP contribution is 2.18. The molecule has 2 amide bonds. The van der Waals surface area contributed by atoms with Gasteiger partial charge in [0.25, 0.3) is 0 Å². The number of amides is 2. The number of rotatable bonds is 12. The van der Waals surface area contributed by atoms with Gasteiger partial charge in [0.2, 0.25) is 11.8 Å². The Kier molecular flexibility index (Phi) is 10.2. The first kappa shape index (κ1) is 25.5. The maximum atomic E-state index is 13.5. The average Bonchev–Trinajstić information content (AvgIpc) is 2.86. The number of nitrogens with one attached hydrogen (secondary N) is 1. The van der Waals surface area contributed by atoms with Crippen LogP contribution in [0.1, 0.15) is 30.0 Å². The molecule has 178 valence electrons.